The van der Waals surface area contributed by atoms with Gasteiger partial charge in [0, 0.05) is 23.2 Å². The fraction of sp³-hybridized carbons (Fsp3) is 0.111. The number of hydrogen-bond donors (Lipinski definition) is 2. The second-order valence-electron chi connectivity index (χ2n) is 5.24. The molecular formula is C18H15BrN2O3. The molecule has 0 atom stereocenters. The van der Waals surface area contributed by atoms with Gasteiger partial charge in [0.15, 0.2) is 0 Å². The molecule has 0 bridgehead atoms. The van der Waals surface area contributed by atoms with Crippen molar-refractivity contribution < 1.29 is 9.53 Å². The van der Waals surface area contributed by atoms with Gasteiger partial charge in [0.2, 0.25) is 0 Å². The predicted molar refractivity (Wildman–Crippen MR) is 96.4 cm³/mol. The summed E-state index contributed by atoms with van der Waals surface area (Å²) in [4.78, 5) is 27.2. The standard InChI is InChI=1S/C18H15BrN2O3/c1-24-16-7-6-12(9-14(16)19)17(22)20-10-13-8-11-4-2-3-5-15(11)21-18(13)23/h2-9H,10H2,1H3,(H,20,22)(H,21,23). The van der Waals surface area contributed by atoms with Gasteiger partial charge < -0.3 is 15.0 Å². The lowest BCUT2D eigenvalue weighted by Gasteiger charge is -2.08. The van der Waals surface area contributed by atoms with Crippen molar-refractivity contribution in [1.82, 2.24) is 10.3 Å². The molecule has 5 nitrogen and oxygen atoms in total. The van der Waals surface area contributed by atoms with Crippen molar-refractivity contribution in [3.63, 3.8) is 0 Å². The van der Waals surface area contributed by atoms with Crippen molar-refractivity contribution in [1.29, 1.82) is 0 Å². The van der Waals surface area contributed by atoms with Crippen molar-refractivity contribution in [3.05, 3.63) is 74.5 Å². The molecule has 0 saturated carbocycles. The van der Waals surface area contributed by atoms with Crippen molar-refractivity contribution in [2.24, 2.45) is 0 Å². The van der Waals surface area contributed by atoms with Crippen LogP contribution in [0.3, 0.4) is 0 Å². The lowest BCUT2D eigenvalue weighted by atomic mass is 10.1. The molecule has 0 spiro atoms. The van der Waals surface area contributed by atoms with Crippen LogP contribution in [-0.4, -0.2) is 18.0 Å². The number of H-pyrrole nitrogens is 1. The van der Waals surface area contributed by atoms with Crippen LogP contribution in [0.2, 0.25) is 0 Å². The minimum Gasteiger partial charge on any atom is -0.496 e. The van der Waals surface area contributed by atoms with Crippen LogP contribution in [0.25, 0.3) is 10.9 Å². The van der Waals surface area contributed by atoms with Crippen LogP contribution >= 0.6 is 15.9 Å². The summed E-state index contributed by atoms with van der Waals surface area (Å²) in [5.74, 6) is 0.392. The molecule has 2 aromatic carbocycles. The van der Waals surface area contributed by atoms with E-state index in [4.69, 9.17) is 4.74 Å². The molecule has 0 saturated heterocycles. The summed E-state index contributed by atoms with van der Waals surface area (Å²) in [6.07, 6.45) is 0. The number of ether oxygens (including phenoxy) is 1. The maximum Gasteiger partial charge on any atom is 0.253 e. The van der Waals surface area contributed by atoms with E-state index in [0.29, 0.717) is 21.3 Å². The van der Waals surface area contributed by atoms with Crippen LogP contribution in [0.1, 0.15) is 15.9 Å². The fourth-order valence-electron chi connectivity index (χ4n) is 2.41. The predicted octanol–water partition coefficient (Wildman–Crippen LogP) is 3.23. The second kappa shape index (κ2) is 6.88. The Labute approximate surface area is 146 Å². The van der Waals surface area contributed by atoms with Gasteiger partial charge in [0.1, 0.15) is 5.75 Å². The van der Waals surface area contributed by atoms with Crippen LogP contribution in [0, 0.1) is 0 Å². The van der Waals surface area contributed by atoms with E-state index in [0.717, 1.165) is 10.9 Å². The number of fused-ring (bicyclic) bond motifs is 1. The van der Waals surface area contributed by atoms with Gasteiger partial charge in [0.05, 0.1) is 11.6 Å². The van der Waals surface area contributed by atoms with E-state index >= 15 is 0 Å². The first-order chi connectivity index (χ1) is 11.6. The summed E-state index contributed by atoms with van der Waals surface area (Å²) in [5, 5.41) is 3.69. The first kappa shape index (κ1) is 16.3. The van der Waals surface area contributed by atoms with Gasteiger partial charge in [-0.2, -0.15) is 0 Å². The summed E-state index contributed by atoms with van der Waals surface area (Å²) >= 11 is 3.35. The zero-order valence-electron chi connectivity index (χ0n) is 12.9. The Balaban J connectivity index is 1.78. The molecule has 1 aromatic heterocycles. The molecule has 0 aliphatic rings. The Kier molecular flexibility index (Phi) is 4.66. The van der Waals surface area contributed by atoms with Gasteiger partial charge in [-0.25, -0.2) is 0 Å². The molecule has 0 aliphatic heterocycles. The zero-order chi connectivity index (χ0) is 17.1. The van der Waals surface area contributed by atoms with Crippen molar-refractivity contribution in [2.45, 2.75) is 6.54 Å². The van der Waals surface area contributed by atoms with Crippen molar-refractivity contribution in [3.8, 4) is 5.75 Å². The third-order valence-corrected chi connectivity index (χ3v) is 4.30. The summed E-state index contributed by atoms with van der Waals surface area (Å²) in [7, 11) is 1.56. The third kappa shape index (κ3) is 3.33. The van der Waals surface area contributed by atoms with Crippen molar-refractivity contribution >= 4 is 32.7 Å². The lowest BCUT2D eigenvalue weighted by molar-refractivity contribution is 0.0950. The fourth-order valence-corrected chi connectivity index (χ4v) is 2.95. The Morgan fingerprint density at radius 2 is 2.00 bits per heavy atom. The van der Waals surface area contributed by atoms with Crippen molar-refractivity contribution in [2.75, 3.05) is 7.11 Å². The van der Waals surface area contributed by atoms with Gasteiger partial charge in [-0.1, -0.05) is 18.2 Å². The minimum absolute atomic E-state index is 0.155. The quantitative estimate of drug-likeness (QED) is 0.722. The highest BCUT2D eigenvalue weighted by molar-refractivity contribution is 9.10. The molecule has 0 unspecified atom stereocenters. The molecule has 0 radical (unpaired) electrons. The Morgan fingerprint density at radius 1 is 1.21 bits per heavy atom. The molecule has 3 aromatic rings. The number of aromatic amines is 1. The SMILES string of the molecule is COc1ccc(C(=O)NCc2cc3ccccc3[nH]c2=O)cc1Br. The number of carbonyl (C=O) groups is 1. The molecule has 0 fully saturated rings. The van der Waals surface area contributed by atoms with Crippen LogP contribution in [-0.2, 0) is 6.54 Å². The largest absolute Gasteiger partial charge is 0.496 e. The number of carbonyl (C=O) groups excluding carboxylic acids is 1. The average molecular weight is 387 g/mol. The smallest absolute Gasteiger partial charge is 0.253 e. The van der Waals surface area contributed by atoms with Gasteiger partial charge in [-0.05, 0) is 51.6 Å². The summed E-state index contributed by atoms with van der Waals surface area (Å²) in [6.45, 7) is 0.155. The topological polar surface area (TPSA) is 71.2 Å². The number of pyridine rings is 1. The van der Waals surface area contributed by atoms with Crippen LogP contribution in [0.15, 0.2) is 57.8 Å². The van der Waals surface area contributed by atoms with Gasteiger partial charge >= 0.3 is 0 Å². The summed E-state index contributed by atoms with van der Waals surface area (Å²) in [5.41, 5.74) is 1.57. The van der Waals surface area contributed by atoms with Crippen LogP contribution in [0.5, 0.6) is 5.75 Å². The third-order valence-electron chi connectivity index (χ3n) is 3.68. The highest BCUT2D eigenvalue weighted by Gasteiger charge is 2.10. The molecule has 3 rings (SSSR count). The van der Waals surface area contributed by atoms with E-state index in [2.05, 4.69) is 26.2 Å². The number of halogens is 1. The van der Waals surface area contributed by atoms with E-state index in [9.17, 15) is 9.59 Å². The number of para-hydroxylation sites is 1. The van der Waals surface area contributed by atoms with Gasteiger partial charge in [-0.15, -0.1) is 0 Å². The summed E-state index contributed by atoms with van der Waals surface area (Å²) in [6, 6.07) is 14.4. The van der Waals surface area contributed by atoms with E-state index in [1.54, 1.807) is 31.4 Å². The molecular weight excluding hydrogens is 372 g/mol. The first-order valence-corrected chi connectivity index (χ1v) is 8.10. The van der Waals surface area contributed by atoms with Crippen LogP contribution in [0.4, 0.5) is 0 Å². The number of nitrogens with one attached hydrogen (secondary N) is 2. The second-order valence-corrected chi connectivity index (χ2v) is 6.10. The highest BCUT2D eigenvalue weighted by atomic mass is 79.9. The van der Waals surface area contributed by atoms with E-state index in [1.165, 1.54) is 0 Å². The maximum atomic E-state index is 12.3. The Hall–Kier alpha value is -2.60. The zero-order valence-corrected chi connectivity index (χ0v) is 14.5. The number of rotatable bonds is 4. The molecule has 1 heterocycles. The number of amides is 1. The Bertz CT molecular complexity index is 966. The number of aromatic nitrogens is 1. The molecule has 1 amide bonds. The Morgan fingerprint density at radius 3 is 2.75 bits per heavy atom. The van der Waals surface area contributed by atoms with E-state index in [1.807, 2.05) is 24.3 Å². The molecule has 0 aliphatic carbocycles. The lowest BCUT2D eigenvalue weighted by Crippen LogP contribution is -2.26. The highest BCUT2D eigenvalue weighted by Crippen LogP contribution is 2.25. The molecule has 122 valence electrons. The van der Waals surface area contributed by atoms with Crippen LogP contribution < -0.4 is 15.6 Å². The minimum atomic E-state index is -0.258. The number of methoxy groups -OCH3 is 1. The van der Waals surface area contributed by atoms with Gasteiger partial charge in [-0.3, -0.25) is 9.59 Å². The molecule has 2 N–H and O–H groups in total. The maximum absolute atomic E-state index is 12.3. The van der Waals surface area contributed by atoms with Gasteiger partial charge in [0.25, 0.3) is 11.5 Å². The van der Waals surface area contributed by atoms with E-state index in [-0.39, 0.29) is 18.0 Å². The summed E-state index contributed by atoms with van der Waals surface area (Å²) < 4.78 is 5.84. The van der Waals surface area contributed by atoms with E-state index < -0.39 is 0 Å². The first-order valence-electron chi connectivity index (χ1n) is 7.31. The normalized spacial score (nSPS) is 10.6. The number of benzene rings is 2. The average Bonchev–Trinajstić information content (AvgIpc) is 2.59. The molecule has 6 heteroatoms. The number of hydrogen-bond acceptors (Lipinski definition) is 3. The monoisotopic (exact) mass is 386 g/mol. The molecule has 24 heavy (non-hydrogen) atoms.